The molecule has 0 bridgehead atoms. The zero-order chi connectivity index (χ0) is 21.8. The highest BCUT2D eigenvalue weighted by Gasteiger charge is 2.16. The first-order chi connectivity index (χ1) is 15.1. The summed E-state index contributed by atoms with van der Waals surface area (Å²) in [5.74, 6) is 2.70. The van der Waals surface area contributed by atoms with Gasteiger partial charge >= 0.3 is 0 Å². The second kappa shape index (κ2) is 8.99. The Morgan fingerprint density at radius 1 is 0.968 bits per heavy atom. The van der Waals surface area contributed by atoms with E-state index < -0.39 is 0 Å². The molecule has 0 saturated heterocycles. The number of para-hydroxylation sites is 1. The summed E-state index contributed by atoms with van der Waals surface area (Å²) in [5.41, 5.74) is 1.28. The molecule has 0 amide bonds. The lowest BCUT2D eigenvalue weighted by molar-refractivity contribution is 0.288. The molecule has 2 aromatic carbocycles. The summed E-state index contributed by atoms with van der Waals surface area (Å²) in [6.45, 7) is 7.02. The minimum absolute atomic E-state index is 0.117. The number of fused-ring (bicyclic) bond motifs is 1. The second-order valence-electron chi connectivity index (χ2n) is 6.83. The van der Waals surface area contributed by atoms with Crippen LogP contribution >= 0.6 is 0 Å². The van der Waals surface area contributed by atoms with Crippen LogP contribution in [0.3, 0.4) is 0 Å². The molecule has 4 aromatic rings. The second-order valence-corrected chi connectivity index (χ2v) is 6.83. The average Bonchev–Trinajstić information content (AvgIpc) is 3.26. The number of ether oxygens (including phenoxy) is 2. The summed E-state index contributed by atoms with van der Waals surface area (Å²) in [6.07, 6.45) is 0.612. The number of hydrogen-bond donors (Lipinski definition) is 0. The van der Waals surface area contributed by atoms with E-state index in [1.165, 1.54) is 0 Å². The molecule has 0 unspecified atom stereocenters. The molecule has 0 fully saturated rings. The van der Waals surface area contributed by atoms with E-state index in [1.807, 2.05) is 57.2 Å². The van der Waals surface area contributed by atoms with Crippen LogP contribution in [0.15, 0.2) is 51.8 Å². The molecule has 4 rings (SSSR count). The Morgan fingerprint density at radius 3 is 2.52 bits per heavy atom. The first-order valence-corrected chi connectivity index (χ1v) is 10.4. The van der Waals surface area contributed by atoms with Crippen molar-refractivity contribution < 1.29 is 14.0 Å². The molecule has 0 saturated carbocycles. The Balaban J connectivity index is 1.67. The van der Waals surface area contributed by atoms with E-state index in [2.05, 4.69) is 15.1 Å². The van der Waals surface area contributed by atoms with E-state index in [9.17, 15) is 4.79 Å². The molecule has 0 spiro atoms. The monoisotopic (exact) mass is 420 g/mol. The van der Waals surface area contributed by atoms with Gasteiger partial charge in [0.2, 0.25) is 0 Å². The van der Waals surface area contributed by atoms with Gasteiger partial charge in [-0.1, -0.05) is 24.2 Å². The fourth-order valence-electron chi connectivity index (χ4n) is 3.41. The van der Waals surface area contributed by atoms with Gasteiger partial charge in [0.1, 0.15) is 5.82 Å². The van der Waals surface area contributed by atoms with Crippen LogP contribution in [0.1, 0.15) is 32.4 Å². The van der Waals surface area contributed by atoms with Gasteiger partial charge in [0.05, 0.1) is 30.7 Å². The topological polar surface area (TPSA) is 92.3 Å². The fourth-order valence-corrected chi connectivity index (χ4v) is 3.41. The molecule has 0 N–H and O–H groups in total. The molecule has 0 atom stereocenters. The maximum absolute atomic E-state index is 13.0. The van der Waals surface area contributed by atoms with Crippen LogP contribution in [0.25, 0.3) is 22.4 Å². The Morgan fingerprint density at radius 2 is 1.74 bits per heavy atom. The molecule has 8 heteroatoms. The molecule has 0 aliphatic rings. The normalized spacial score (nSPS) is 11.1. The lowest BCUT2D eigenvalue weighted by Gasteiger charge is -2.11. The van der Waals surface area contributed by atoms with Crippen molar-refractivity contribution >= 4 is 10.9 Å². The smallest absolute Gasteiger partial charge is 0.261 e. The highest BCUT2D eigenvalue weighted by molar-refractivity contribution is 5.77. The lowest BCUT2D eigenvalue weighted by Crippen LogP contribution is -2.26. The van der Waals surface area contributed by atoms with Crippen LogP contribution in [-0.2, 0) is 13.0 Å². The molecule has 2 heterocycles. The Hall–Kier alpha value is -3.68. The van der Waals surface area contributed by atoms with Gasteiger partial charge in [-0.3, -0.25) is 9.36 Å². The maximum atomic E-state index is 13.0. The van der Waals surface area contributed by atoms with E-state index in [4.69, 9.17) is 14.0 Å². The van der Waals surface area contributed by atoms with Crippen molar-refractivity contribution in [1.29, 1.82) is 0 Å². The molecule has 0 radical (unpaired) electrons. The molecule has 8 nitrogen and oxygen atoms in total. The molecule has 2 aromatic heterocycles. The Labute approximate surface area is 179 Å². The van der Waals surface area contributed by atoms with Crippen LogP contribution in [-0.4, -0.2) is 32.9 Å². The first kappa shape index (κ1) is 20.6. The fraction of sp³-hybridized carbons (Fsp3) is 0.304. The van der Waals surface area contributed by atoms with Gasteiger partial charge in [0.25, 0.3) is 11.4 Å². The van der Waals surface area contributed by atoms with Crippen LogP contribution < -0.4 is 15.0 Å². The van der Waals surface area contributed by atoms with Gasteiger partial charge in [-0.15, -0.1) is 0 Å². The number of hydrogen-bond acceptors (Lipinski definition) is 7. The minimum atomic E-state index is -0.117. The summed E-state index contributed by atoms with van der Waals surface area (Å²) in [7, 11) is 0. The third-order valence-electron chi connectivity index (χ3n) is 4.81. The van der Waals surface area contributed by atoms with Crippen molar-refractivity contribution in [3.63, 3.8) is 0 Å². The largest absolute Gasteiger partial charge is 0.490 e. The van der Waals surface area contributed by atoms with Crippen LogP contribution in [0, 0.1) is 0 Å². The SMILES string of the molecule is CCOc1ccc(-c2nc(Cn3c(CC)nc4ccccc4c3=O)no2)cc1OCC. The number of aromatic nitrogens is 4. The van der Waals surface area contributed by atoms with Gasteiger partial charge < -0.3 is 14.0 Å². The van der Waals surface area contributed by atoms with Crippen molar-refractivity contribution in [2.75, 3.05) is 13.2 Å². The average molecular weight is 420 g/mol. The third-order valence-corrected chi connectivity index (χ3v) is 4.81. The standard InChI is InChI=1S/C23H24N4O4/c1-4-21-24-17-10-8-7-9-16(17)23(28)27(21)14-20-25-22(31-26-20)15-11-12-18(29-5-2)19(13-15)30-6-3/h7-13H,4-6,14H2,1-3H3. The highest BCUT2D eigenvalue weighted by Crippen LogP contribution is 2.32. The van der Waals surface area contributed by atoms with E-state index in [-0.39, 0.29) is 12.1 Å². The lowest BCUT2D eigenvalue weighted by atomic mass is 10.2. The van der Waals surface area contributed by atoms with Gasteiger partial charge in [-0.2, -0.15) is 4.98 Å². The van der Waals surface area contributed by atoms with E-state index in [0.717, 1.165) is 0 Å². The van der Waals surface area contributed by atoms with Crippen molar-refractivity contribution in [2.45, 2.75) is 33.7 Å². The van der Waals surface area contributed by atoms with Gasteiger partial charge in [-0.25, -0.2) is 4.98 Å². The van der Waals surface area contributed by atoms with E-state index in [1.54, 1.807) is 10.6 Å². The van der Waals surface area contributed by atoms with Gasteiger partial charge in [0, 0.05) is 12.0 Å². The zero-order valence-corrected chi connectivity index (χ0v) is 17.8. The van der Waals surface area contributed by atoms with E-state index >= 15 is 0 Å². The summed E-state index contributed by atoms with van der Waals surface area (Å²) < 4.78 is 18.3. The van der Waals surface area contributed by atoms with Crippen molar-refractivity contribution in [2.24, 2.45) is 0 Å². The molecule has 160 valence electrons. The summed E-state index contributed by atoms with van der Waals surface area (Å²) >= 11 is 0. The molecule has 0 aliphatic heterocycles. The Kier molecular flexibility index (Phi) is 5.97. The quantitative estimate of drug-likeness (QED) is 0.427. The van der Waals surface area contributed by atoms with Crippen molar-refractivity contribution in [3.8, 4) is 23.0 Å². The summed E-state index contributed by atoms with van der Waals surface area (Å²) in [5, 5.41) is 4.64. The predicted molar refractivity (Wildman–Crippen MR) is 117 cm³/mol. The third kappa shape index (κ3) is 4.14. The highest BCUT2D eigenvalue weighted by atomic mass is 16.5. The molecule has 0 aliphatic carbocycles. The molecular formula is C23H24N4O4. The minimum Gasteiger partial charge on any atom is -0.490 e. The summed E-state index contributed by atoms with van der Waals surface area (Å²) in [6, 6.07) is 12.8. The van der Waals surface area contributed by atoms with E-state index in [0.29, 0.717) is 65.1 Å². The predicted octanol–water partition coefficient (Wildman–Crippen LogP) is 3.85. The van der Waals surface area contributed by atoms with Crippen LogP contribution in [0.2, 0.25) is 0 Å². The number of aryl methyl sites for hydroxylation is 1. The Bertz CT molecular complexity index is 1260. The molecule has 31 heavy (non-hydrogen) atoms. The van der Waals surface area contributed by atoms with Crippen LogP contribution in [0.5, 0.6) is 11.5 Å². The summed E-state index contributed by atoms with van der Waals surface area (Å²) in [4.78, 5) is 22.1. The van der Waals surface area contributed by atoms with Crippen molar-refractivity contribution in [3.05, 3.63) is 64.5 Å². The zero-order valence-electron chi connectivity index (χ0n) is 17.8. The van der Waals surface area contributed by atoms with Crippen LogP contribution in [0.4, 0.5) is 0 Å². The first-order valence-electron chi connectivity index (χ1n) is 10.4. The maximum Gasteiger partial charge on any atom is 0.261 e. The van der Waals surface area contributed by atoms with Gasteiger partial charge in [-0.05, 0) is 44.2 Å². The number of nitrogens with zero attached hydrogens (tertiary/aromatic N) is 4. The number of rotatable bonds is 8. The molecular weight excluding hydrogens is 396 g/mol. The number of benzene rings is 2. The van der Waals surface area contributed by atoms with Crippen molar-refractivity contribution in [1.82, 2.24) is 19.7 Å². The van der Waals surface area contributed by atoms with Gasteiger partial charge in [0.15, 0.2) is 17.3 Å².